The van der Waals surface area contributed by atoms with Crippen LogP contribution in [-0.2, 0) is 6.42 Å². The molecule has 0 saturated carbocycles. The lowest BCUT2D eigenvalue weighted by Crippen LogP contribution is -2.17. The first-order valence-electron chi connectivity index (χ1n) is 6.52. The molecule has 2 aromatic carbocycles. The Morgan fingerprint density at radius 3 is 2.75 bits per heavy atom. The number of hydrogen-bond acceptors (Lipinski definition) is 3. The molecule has 0 atom stereocenters. The van der Waals surface area contributed by atoms with Crippen molar-refractivity contribution in [3.8, 4) is 11.5 Å². The third-order valence-electron chi connectivity index (χ3n) is 3.04. The summed E-state index contributed by atoms with van der Waals surface area (Å²) in [6, 6.07) is 12.8. The quantitative estimate of drug-likeness (QED) is 0.839. The number of rotatable bonds is 4. The summed E-state index contributed by atoms with van der Waals surface area (Å²) in [6.45, 7) is 2.08. The summed E-state index contributed by atoms with van der Waals surface area (Å²) in [6.07, 6.45) is 0.935. The lowest BCUT2D eigenvalue weighted by Gasteiger charge is -2.11. The highest BCUT2D eigenvalue weighted by molar-refractivity contribution is 5.95. The number of aryl methyl sites for hydroxylation is 1. The van der Waals surface area contributed by atoms with E-state index in [9.17, 15) is 4.79 Å². The van der Waals surface area contributed by atoms with Crippen LogP contribution in [0.2, 0.25) is 0 Å². The number of benzene rings is 2. The van der Waals surface area contributed by atoms with Crippen molar-refractivity contribution < 1.29 is 9.53 Å². The number of hydrogen-bond donors (Lipinski definition) is 2. The van der Waals surface area contributed by atoms with E-state index in [1.54, 1.807) is 25.2 Å². The molecule has 0 fully saturated rings. The Bertz CT molecular complexity index is 624. The molecule has 0 heterocycles. The molecule has 3 N–H and O–H groups in total. The van der Waals surface area contributed by atoms with E-state index in [1.807, 2.05) is 24.3 Å². The molecule has 0 radical (unpaired) electrons. The van der Waals surface area contributed by atoms with E-state index in [0.717, 1.165) is 6.42 Å². The van der Waals surface area contributed by atoms with E-state index >= 15 is 0 Å². The number of carbonyl (C=O) groups excluding carboxylic acids is 1. The minimum absolute atomic E-state index is 0.169. The van der Waals surface area contributed by atoms with Gasteiger partial charge in [0.2, 0.25) is 0 Å². The maximum Gasteiger partial charge on any atom is 0.251 e. The number of nitrogens with one attached hydrogen (secondary N) is 1. The minimum Gasteiger partial charge on any atom is -0.455 e. The molecule has 4 nitrogen and oxygen atoms in total. The predicted octanol–water partition coefficient (Wildman–Crippen LogP) is 2.98. The van der Waals surface area contributed by atoms with Crippen LogP contribution in [0.1, 0.15) is 22.8 Å². The second kappa shape index (κ2) is 6.10. The van der Waals surface area contributed by atoms with E-state index in [-0.39, 0.29) is 5.91 Å². The van der Waals surface area contributed by atoms with Crippen LogP contribution in [0, 0.1) is 0 Å². The van der Waals surface area contributed by atoms with Crippen molar-refractivity contribution >= 4 is 11.6 Å². The SMILES string of the molecule is CCc1cccc(Oc2cc(C(=O)NC)ccc2N)c1. The van der Waals surface area contributed by atoms with Crippen molar-refractivity contribution in [2.24, 2.45) is 0 Å². The zero-order valence-electron chi connectivity index (χ0n) is 11.6. The number of nitrogen functional groups attached to an aromatic ring is 1. The second-order valence-electron chi connectivity index (χ2n) is 4.43. The van der Waals surface area contributed by atoms with Crippen molar-refractivity contribution in [1.82, 2.24) is 5.32 Å². The van der Waals surface area contributed by atoms with Crippen LogP contribution >= 0.6 is 0 Å². The first kappa shape index (κ1) is 13.9. The third kappa shape index (κ3) is 3.09. The molecule has 0 aliphatic carbocycles. The van der Waals surface area contributed by atoms with E-state index in [1.165, 1.54) is 5.56 Å². The second-order valence-corrected chi connectivity index (χ2v) is 4.43. The van der Waals surface area contributed by atoms with Gasteiger partial charge in [0, 0.05) is 12.6 Å². The van der Waals surface area contributed by atoms with Gasteiger partial charge in [-0.2, -0.15) is 0 Å². The molecule has 0 aliphatic heterocycles. The molecule has 0 unspecified atom stereocenters. The molecule has 0 aliphatic rings. The smallest absolute Gasteiger partial charge is 0.251 e. The van der Waals surface area contributed by atoms with Crippen LogP contribution in [0.5, 0.6) is 11.5 Å². The molecule has 20 heavy (non-hydrogen) atoms. The molecule has 0 aromatic heterocycles. The van der Waals surface area contributed by atoms with Crippen molar-refractivity contribution in [2.45, 2.75) is 13.3 Å². The van der Waals surface area contributed by atoms with Crippen molar-refractivity contribution in [1.29, 1.82) is 0 Å². The summed E-state index contributed by atoms with van der Waals surface area (Å²) >= 11 is 0. The van der Waals surface area contributed by atoms with Crippen molar-refractivity contribution in [3.05, 3.63) is 53.6 Å². The summed E-state index contributed by atoms with van der Waals surface area (Å²) in [5.41, 5.74) is 8.09. The Hall–Kier alpha value is -2.49. The molecule has 104 valence electrons. The van der Waals surface area contributed by atoms with Gasteiger partial charge >= 0.3 is 0 Å². The highest BCUT2D eigenvalue weighted by Crippen LogP contribution is 2.29. The van der Waals surface area contributed by atoms with Gasteiger partial charge in [0.15, 0.2) is 5.75 Å². The molecular formula is C16H18N2O2. The highest BCUT2D eigenvalue weighted by atomic mass is 16.5. The fourth-order valence-electron chi connectivity index (χ4n) is 1.86. The molecule has 4 heteroatoms. The normalized spacial score (nSPS) is 10.1. The van der Waals surface area contributed by atoms with Gasteiger partial charge in [-0.05, 0) is 42.3 Å². The zero-order chi connectivity index (χ0) is 14.5. The van der Waals surface area contributed by atoms with E-state index < -0.39 is 0 Å². The van der Waals surface area contributed by atoms with Gasteiger partial charge in [-0.25, -0.2) is 0 Å². The number of nitrogens with two attached hydrogens (primary N) is 1. The molecule has 2 rings (SSSR count). The predicted molar refractivity (Wildman–Crippen MR) is 80.1 cm³/mol. The molecule has 2 aromatic rings. The number of carbonyl (C=O) groups is 1. The van der Waals surface area contributed by atoms with Crippen LogP contribution in [0.25, 0.3) is 0 Å². The van der Waals surface area contributed by atoms with E-state index in [4.69, 9.17) is 10.5 Å². The van der Waals surface area contributed by atoms with Crippen molar-refractivity contribution in [3.63, 3.8) is 0 Å². The fraction of sp³-hybridized carbons (Fsp3) is 0.188. The van der Waals surface area contributed by atoms with Crippen LogP contribution in [0.15, 0.2) is 42.5 Å². The first-order chi connectivity index (χ1) is 9.63. The number of anilines is 1. The zero-order valence-corrected chi connectivity index (χ0v) is 11.6. The highest BCUT2D eigenvalue weighted by Gasteiger charge is 2.08. The summed E-state index contributed by atoms with van der Waals surface area (Å²) < 4.78 is 5.78. The minimum atomic E-state index is -0.169. The maximum absolute atomic E-state index is 11.6. The Kier molecular flexibility index (Phi) is 4.25. The van der Waals surface area contributed by atoms with Gasteiger partial charge in [-0.15, -0.1) is 0 Å². The van der Waals surface area contributed by atoms with Gasteiger partial charge in [0.25, 0.3) is 5.91 Å². The lowest BCUT2D eigenvalue weighted by atomic mass is 10.1. The Balaban J connectivity index is 2.30. The van der Waals surface area contributed by atoms with Crippen LogP contribution < -0.4 is 15.8 Å². The van der Waals surface area contributed by atoms with Crippen LogP contribution in [0.4, 0.5) is 5.69 Å². The molecule has 1 amide bonds. The molecule has 0 saturated heterocycles. The average molecular weight is 270 g/mol. The number of amides is 1. The summed E-state index contributed by atoms with van der Waals surface area (Å²) in [5, 5.41) is 2.57. The topological polar surface area (TPSA) is 64.3 Å². The molecule has 0 bridgehead atoms. The molecule has 0 spiro atoms. The average Bonchev–Trinajstić information content (AvgIpc) is 2.49. The maximum atomic E-state index is 11.6. The largest absolute Gasteiger partial charge is 0.455 e. The van der Waals surface area contributed by atoms with Gasteiger partial charge < -0.3 is 15.8 Å². The van der Waals surface area contributed by atoms with Gasteiger partial charge in [0.05, 0.1) is 5.69 Å². The Morgan fingerprint density at radius 2 is 2.05 bits per heavy atom. The summed E-state index contributed by atoms with van der Waals surface area (Å²) in [5.74, 6) is 1.03. The molecular weight excluding hydrogens is 252 g/mol. The fourth-order valence-corrected chi connectivity index (χ4v) is 1.86. The monoisotopic (exact) mass is 270 g/mol. The Labute approximate surface area is 118 Å². The standard InChI is InChI=1S/C16H18N2O2/c1-3-11-5-4-6-13(9-11)20-15-10-12(16(19)18-2)7-8-14(15)17/h4-10H,3,17H2,1-2H3,(H,18,19). The number of ether oxygens (including phenoxy) is 1. The summed E-state index contributed by atoms with van der Waals surface area (Å²) in [7, 11) is 1.59. The third-order valence-corrected chi connectivity index (χ3v) is 3.04. The lowest BCUT2D eigenvalue weighted by molar-refractivity contribution is 0.0963. The Morgan fingerprint density at radius 1 is 1.25 bits per heavy atom. The van der Waals surface area contributed by atoms with Gasteiger partial charge in [0.1, 0.15) is 5.75 Å². The van der Waals surface area contributed by atoms with E-state index in [0.29, 0.717) is 22.7 Å². The summed E-state index contributed by atoms with van der Waals surface area (Å²) in [4.78, 5) is 11.6. The van der Waals surface area contributed by atoms with Crippen molar-refractivity contribution in [2.75, 3.05) is 12.8 Å². The van der Waals surface area contributed by atoms with Crippen LogP contribution in [0.3, 0.4) is 0 Å². The van der Waals surface area contributed by atoms with Gasteiger partial charge in [-0.1, -0.05) is 19.1 Å². The first-order valence-corrected chi connectivity index (χ1v) is 6.52. The van der Waals surface area contributed by atoms with Gasteiger partial charge in [-0.3, -0.25) is 4.79 Å². The van der Waals surface area contributed by atoms with Crippen LogP contribution in [-0.4, -0.2) is 13.0 Å². The van der Waals surface area contributed by atoms with E-state index in [2.05, 4.69) is 12.2 Å².